The van der Waals surface area contributed by atoms with Crippen LogP contribution in [0.1, 0.15) is 35.6 Å². The van der Waals surface area contributed by atoms with Crippen molar-refractivity contribution in [2.75, 3.05) is 25.0 Å². The van der Waals surface area contributed by atoms with Gasteiger partial charge in [0.05, 0.1) is 23.9 Å². The molecule has 0 radical (unpaired) electrons. The first kappa shape index (κ1) is 30.7. The number of rotatable bonds is 8. The minimum absolute atomic E-state index is 0.134. The number of halogens is 2. The highest BCUT2D eigenvalue weighted by Gasteiger charge is 2.40. The van der Waals surface area contributed by atoms with Gasteiger partial charge in [-0.2, -0.15) is 0 Å². The molecular formula is C33H30ClFN4O5S. The van der Waals surface area contributed by atoms with Crippen LogP contribution in [-0.2, 0) is 25.7 Å². The number of amidine groups is 1. The van der Waals surface area contributed by atoms with Crippen molar-refractivity contribution in [3.05, 3.63) is 107 Å². The normalized spacial score (nSPS) is 20.4. The van der Waals surface area contributed by atoms with E-state index in [1.54, 1.807) is 29.2 Å². The summed E-state index contributed by atoms with van der Waals surface area (Å²) in [7, 11) is 0. The molecule has 2 fully saturated rings. The predicted molar refractivity (Wildman–Crippen MR) is 171 cm³/mol. The van der Waals surface area contributed by atoms with Crippen LogP contribution >= 0.6 is 23.4 Å². The summed E-state index contributed by atoms with van der Waals surface area (Å²) in [5.41, 5.74) is 2.48. The average Bonchev–Trinajstić information content (AvgIpc) is 3.81. The van der Waals surface area contributed by atoms with E-state index in [0.717, 1.165) is 17.5 Å². The zero-order valence-electron chi connectivity index (χ0n) is 24.2. The number of anilines is 1. The van der Waals surface area contributed by atoms with Gasteiger partial charge in [-0.15, -0.1) is 0 Å². The van der Waals surface area contributed by atoms with E-state index in [9.17, 15) is 18.8 Å². The number of thioether (sulfide) groups is 1. The van der Waals surface area contributed by atoms with Gasteiger partial charge in [0.1, 0.15) is 29.5 Å². The lowest BCUT2D eigenvalue weighted by molar-refractivity contribution is -0.126. The van der Waals surface area contributed by atoms with Crippen molar-refractivity contribution in [2.24, 2.45) is 4.99 Å². The molecule has 2 saturated heterocycles. The van der Waals surface area contributed by atoms with Crippen LogP contribution in [0.25, 0.3) is 0 Å². The van der Waals surface area contributed by atoms with E-state index in [4.69, 9.17) is 21.1 Å². The van der Waals surface area contributed by atoms with Crippen molar-refractivity contribution in [3.63, 3.8) is 0 Å². The molecule has 3 amide bonds. The number of amides is 3. The molecule has 3 heterocycles. The summed E-state index contributed by atoms with van der Waals surface area (Å²) >= 11 is 7.49. The number of benzene rings is 3. The molecule has 3 aromatic carbocycles. The van der Waals surface area contributed by atoms with Crippen LogP contribution in [0.2, 0.25) is 5.02 Å². The van der Waals surface area contributed by atoms with E-state index in [-0.39, 0.29) is 30.0 Å². The van der Waals surface area contributed by atoms with Gasteiger partial charge < -0.3 is 14.8 Å². The molecule has 3 aromatic rings. The third-order valence-electron chi connectivity index (χ3n) is 7.64. The summed E-state index contributed by atoms with van der Waals surface area (Å²) in [6.45, 7) is 1.36. The lowest BCUT2D eigenvalue weighted by Crippen LogP contribution is -2.43. The van der Waals surface area contributed by atoms with Crippen molar-refractivity contribution >= 4 is 57.8 Å². The fraction of sp³-hybridized carbons (Fsp3) is 0.273. The van der Waals surface area contributed by atoms with Crippen LogP contribution in [0.3, 0.4) is 0 Å². The lowest BCUT2D eigenvalue weighted by atomic mass is 10.1. The number of aliphatic imine (C=N–C) groups is 1. The van der Waals surface area contributed by atoms with E-state index in [1.165, 1.54) is 34.9 Å². The number of ether oxygens (including phenoxy) is 2. The van der Waals surface area contributed by atoms with Crippen LogP contribution in [0.15, 0.2) is 89.6 Å². The highest BCUT2D eigenvalue weighted by atomic mass is 35.5. The topological polar surface area (TPSA) is 101 Å². The van der Waals surface area contributed by atoms with Crippen LogP contribution in [0.5, 0.6) is 0 Å². The number of nitrogens with one attached hydrogen (secondary N) is 1. The van der Waals surface area contributed by atoms with Crippen LogP contribution in [-0.4, -0.2) is 58.6 Å². The number of hydrogen-bond donors (Lipinski definition) is 1. The Kier molecular flexibility index (Phi) is 9.37. The van der Waals surface area contributed by atoms with Gasteiger partial charge in [-0.05, 0) is 60.4 Å². The SMILES string of the molecule is O=C(Nc1ccc(C2SC(=Nc3ccc(F)cc3Cl)N(CC3=CCCO3)C2=O)cc1)[C@@H]1CCCN1C(=O)OCc1ccccc1. The first-order valence-corrected chi connectivity index (χ1v) is 15.8. The third kappa shape index (κ3) is 7.15. The molecule has 1 N–H and O–H groups in total. The minimum atomic E-state index is -0.641. The molecule has 3 aliphatic rings. The Hall–Kier alpha value is -4.35. The van der Waals surface area contributed by atoms with Crippen molar-refractivity contribution < 1.29 is 28.2 Å². The second-order valence-corrected chi connectivity index (χ2v) is 12.2. The average molecular weight is 649 g/mol. The summed E-state index contributed by atoms with van der Waals surface area (Å²) in [5.74, 6) is -0.273. The Balaban J connectivity index is 1.13. The molecule has 0 saturated carbocycles. The number of nitrogens with zero attached hydrogens (tertiary/aromatic N) is 3. The Morgan fingerprint density at radius 2 is 1.91 bits per heavy atom. The van der Waals surface area contributed by atoms with Crippen molar-refractivity contribution in [1.82, 2.24) is 9.80 Å². The molecule has 0 bridgehead atoms. The van der Waals surface area contributed by atoms with Gasteiger partial charge in [0, 0.05) is 18.7 Å². The lowest BCUT2D eigenvalue weighted by Gasteiger charge is -2.23. The zero-order chi connectivity index (χ0) is 31.3. The molecule has 45 heavy (non-hydrogen) atoms. The van der Waals surface area contributed by atoms with E-state index < -0.39 is 23.2 Å². The fourth-order valence-electron chi connectivity index (χ4n) is 5.33. The Labute approximate surface area is 269 Å². The molecule has 0 spiro atoms. The molecule has 0 aromatic heterocycles. The van der Waals surface area contributed by atoms with Gasteiger partial charge >= 0.3 is 6.09 Å². The Morgan fingerprint density at radius 1 is 1.11 bits per heavy atom. The predicted octanol–water partition coefficient (Wildman–Crippen LogP) is 6.83. The molecule has 6 rings (SSSR count). The molecule has 0 aliphatic carbocycles. The number of carbonyl (C=O) groups excluding carboxylic acids is 3. The second-order valence-electron chi connectivity index (χ2n) is 10.7. The number of hydrogen-bond acceptors (Lipinski definition) is 7. The highest BCUT2D eigenvalue weighted by molar-refractivity contribution is 8.15. The second kappa shape index (κ2) is 13.7. The van der Waals surface area contributed by atoms with Gasteiger partial charge in [-0.25, -0.2) is 14.2 Å². The molecule has 3 aliphatic heterocycles. The number of likely N-dealkylation sites (tertiary alicyclic amines) is 1. The van der Waals surface area contributed by atoms with Gasteiger partial charge in [-0.3, -0.25) is 19.4 Å². The van der Waals surface area contributed by atoms with Gasteiger partial charge in [0.2, 0.25) is 11.8 Å². The molecule has 2 atom stereocenters. The summed E-state index contributed by atoms with van der Waals surface area (Å²) in [5, 5.41) is 2.86. The summed E-state index contributed by atoms with van der Waals surface area (Å²) in [6.07, 6.45) is 3.42. The van der Waals surface area contributed by atoms with Crippen molar-refractivity contribution in [2.45, 2.75) is 37.2 Å². The van der Waals surface area contributed by atoms with E-state index >= 15 is 0 Å². The molecule has 232 valence electrons. The van der Waals surface area contributed by atoms with E-state index in [1.807, 2.05) is 36.4 Å². The summed E-state index contributed by atoms with van der Waals surface area (Å²) < 4.78 is 24.7. The van der Waals surface area contributed by atoms with Crippen LogP contribution in [0, 0.1) is 5.82 Å². The first-order chi connectivity index (χ1) is 21.9. The summed E-state index contributed by atoms with van der Waals surface area (Å²) in [4.78, 5) is 47.2. The minimum Gasteiger partial charge on any atom is -0.496 e. The summed E-state index contributed by atoms with van der Waals surface area (Å²) in [6, 6.07) is 19.7. The number of carbonyl (C=O) groups is 3. The maximum Gasteiger partial charge on any atom is 0.410 e. The smallest absolute Gasteiger partial charge is 0.410 e. The monoisotopic (exact) mass is 648 g/mol. The Bertz CT molecular complexity index is 1650. The first-order valence-electron chi connectivity index (χ1n) is 14.6. The van der Waals surface area contributed by atoms with Crippen molar-refractivity contribution in [1.29, 1.82) is 0 Å². The molecular weight excluding hydrogens is 619 g/mol. The van der Waals surface area contributed by atoms with Crippen LogP contribution < -0.4 is 5.32 Å². The molecule has 1 unspecified atom stereocenters. The van der Waals surface area contributed by atoms with Crippen molar-refractivity contribution in [3.8, 4) is 0 Å². The zero-order valence-corrected chi connectivity index (χ0v) is 25.7. The third-order valence-corrected chi connectivity index (χ3v) is 9.17. The maximum atomic E-state index is 13.6. The van der Waals surface area contributed by atoms with E-state index in [0.29, 0.717) is 48.3 Å². The quantitative estimate of drug-likeness (QED) is 0.288. The molecule has 9 nitrogen and oxygen atoms in total. The van der Waals surface area contributed by atoms with E-state index in [2.05, 4.69) is 10.3 Å². The molecule has 12 heteroatoms. The largest absolute Gasteiger partial charge is 0.496 e. The van der Waals surface area contributed by atoms with Gasteiger partial charge in [0.15, 0.2) is 5.17 Å². The van der Waals surface area contributed by atoms with Gasteiger partial charge in [-0.1, -0.05) is 65.8 Å². The van der Waals surface area contributed by atoms with Gasteiger partial charge in [0.25, 0.3) is 0 Å². The standard InChI is InChI=1S/C33H30ClFN4O5S/c34-26-18-23(35)12-15-27(26)37-32-39(19-25-8-5-17-43-25)31(41)29(45-32)22-10-13-24(14-11-22)36-30(40)28-9-4-16-38(28)33(42)44-20-21-6-2-1-3-7-21/h1-3,6-8,10-15,18,28-29H,4-5,9,16-17,19-20H2,(H,36,40)/t28-,29?/m0/s1. The fourth-order valence-corrected chi connectivity index (χ4v) is 6.71. The van der Waals surface area contributed by atoms with Crippen LogP contribution in [0.4, 0.5) is 20.6 Å². The highest BCUT2D eigenvalue weighted by Crippen LogP contribution is 2.42. The Morgan fingerprint density at radius 3 is 2.64 bits per heavy atom. The maximum absolute atomic E-state index is 13.6.